The lowest BCUT2D eigenvalue weighted by molar-refractivity contribution is 0.0561. The second kappa shape index (κ2) is 5.50. The first-order valence-electron chi connectivity index (χ1n) is 6.94. The van der Waals surface area contributed by atoms with E-state index in [1.807, 2.05) is 0 Å². The van der Waals surface area contributed by atoms with Gasteiger partial charge in [0.25, 0.3) is 0 Å². The Morgan fingerprint density at radius 1 is 1.19 bits per heavy atom. The fourth-order valence-electron chi connectivity index (χ4n) is 2.92. The van der Waals surface area contributed by atoms with Crippen LogP contribution in [0, 0.1) is 11.8 Å². The summed E-state index contributed by atoms with van der Waals surface area (Å²) in [5, 5.41) is 0. The largest absolute Gasteiger partial charge is 0.324 e. The number of piperidine rings is 1. The number of likely N-dealkylation sites (tertiary alicyclic amines) is 1. The minimum Gasteiger partial charge on any atom is -0.324 e. The number of nitrogens with two attached hydrogens (primary N) is 1. The van der Waals surface area contributed by atoms with Crippen LogP contribution in [0.3, 0.4) is 0 Å². The quantitative estimate of drug-likeness (QED) is 0.798. The first-order chi connectivity index (χ1) is 7.41. The molecular formula is C14H30N2. The second-order valence-corrected chi connectivity index (χ2v) is 6.06. The molecule has 1 aliphatic rings. The summed E-state index contributed by atoms with van der Waals surface area (Å²) in [4.78, 5) is 2.62. The van der Waals surface area contributed by atoms with Crippen molar-refractivity contribution in [3.63, 3.8) is 0 Å². The summed E-state index contributed by atoms with van der Waals surface area (Å²) >= 11 is 0. The summed E-state index contributed by atoms with van der Waals surface area (Å²) in [5.41, 5.74) is 6.46. The summed E-state index contributed by atoms with van der Waals surface area (Å²) in [5.74, 6) is 1.63. The van der Waals surface area contributed by atoms with Gasteiger partial charge < -0.3 is 5.73 Å². The highest BCUT2D eigenvalue weighted by atomic mass is 15.2. The molecule has 96 valence electrons. The Kier molecular flexibility index (Phi) is 4.81. The first-order valence-corrected chi connectivity index (χ1v) is 6.94. The molecule has 0 aliphatic carbocycles. The molecule has 0 amide bonds. The molecule has 0 aromatic carbocycles. The van der Waals surface area contributed by atoms with Gasteiger partial charge in [-0.1, -0.05) is 27.7 Å². The lowest BCUT2D eigenvalue weighted by Crippen LogP contribution is -2.55. The Bertz CT molecular complexity index is 211. The first kappa shape index (κ1) is 14.0. The van der Waals surface area contributed by atoms with Gasteiger partial charge in [-0.3, -0.25) is 4.90 Å². The van der Waals surface area contributed by atoms with Crippen LogP contribution in [-0.2, 0) is 0 Å². The van der Waals surface area contributed by atoms with Crippen LogP contribution in [0.2, 0.25) is 0 Å². The maximum absolute atomic E-state index is 6.44. The molecule has 2 N–H and O–H groups in total. The fraction of sp³-hybridized carbons (Fsp3) is 1.00. The van der Waals surface area contributed by atoms with Gasteiger partial charge in [-0.25, -0.2) is 0 Å². The van der Waals surface area contributed by atoms with Gasteiger partial charge in [-0.2, -0.15) is 0 Å². The molecule has 16 heavy (non-hydrogen) atoms. The summed E-state index contributed by atoms with van der Waals surface area (Å²) in [6.45, 7) is 13.8. The lowest BCUT2D eigenvalue weighted by atomic mass is 9.84. The molecule has 0 radical (unpaired) electrons. The minimum absolute atomic E-state index is 0.0189. The van der Waals surface area contributed by atoms with Gasteiger partial charge in [0.15, 0.2) is 0 Å². The van der Waals surface area contributed by atoms with E-state index in [1.54, 1.807) is 0 Å². The Hall–Kier alpha value is -0.0800. The molecule has 0 spiro atoms. The predicted octanol–water partition coefficient (Wildman–Crippen LogP) is 2.87. The van der Waals surface area contributed by atoms with E-state index < -0.39 is 0 Å². The topological polar surface area (TPSA) is 29.3 Å². The monoisotopic (exact) mass is 226 g/mol. The Morgan fingerprint density at radius 2 is 1.75 bits per heavy atom. The SMILES string of the molecule is CCC(N)(CC)CN1CC(C)CC(C)C1C. The second-order valence-electron chi connectivity index (χ2n) is 6.06. The van der Waals surface area contributed by atoms with E-state index in [9.17, 15) is 0 Å². The molecule has 2 heteroatoms. The maximum atomic E-state index is 6.44. The van der Waals surface area contributed by atoms with Crippen molar-refractivity contribution in [1.29, 1.82) is 0 Å². The zero-order valence-electron chi connectivity index (χ0n) is 11.8. The minimum atomic E-state index is 0.0189. The van der Waals surface area contributed by atoms with E-state index in [0.717, 1.165) is 31.2 Å². The maximum Gasteiger partial charge on any atom is 0.0278 e. The molecule has 1 fully saturated rings. The number of hydrogen-bond donors (Lipinski definition) is 1. The van der Waals surface area contributed by atoms with Crippen LogP contribution < -0.4 is 5.73 Å². The summed E-state index contributed by atoms with van der Waals surface area (Å²) in [7, 11) is 0. The van der Waals surface area contributed by atoms with Crippen LogP contribution >= 0.6 is 0 Å². The van der Waals surface area contributed by atoms with E-state index in [-0.39, 0.29) is 5.54 Å². The third kappa shape index (κ3) is 3.21. The normalized spacial score (nSPS) is 33.0. The molecule has 0 aromatic rings. The summed E-state index contributed by atoms with van der Waals surface area (Å²) in [6, 6.07) is 0.692. The molecular weight excluding hydrogens is 196 g/mol. The van der Waals surface area contributed by atoms with Crippen molar-refractivity contribution >= 4 is 0 Å². The zero-order chi connectivity index (χ0) is 12.3. The lowest BCUT2D eigenvalue weighted by Gasteiger charge is -2.45. The average molecular weight is 226 g/mol. The van der Waals surface area contributed by atoms with Crippen LogP contribution in [0.25, 0.3) is 0 Å². The van der Waals surface area contributed by atoms with Crippen molar-refractivity contribution < 1.29 is 0 Å². The van der Waals surface area contributed by atoms with E-state index in [0.29, 0.717) is 6.04 Å². The van der Waals surface area contributed by atoms with Gasteiger partial charge in [0.1, 0.15) is 0 Å². The van der Waals surface area contributed by atoms with Crippen LogP contribution in [0.1, 0.15) is 53.9 Å². The Morgan fingerprint density at radius 3 is 2.25 bits per heavy atom. The molecule has 1 heterocycles. The van der Waals surface area contributed by atoms with Gasteiger partial charge in [-0.05, 0) is 38.0 Å². The van der Waals surface area contributed by atoms with Crippen molar-refractivity contribution in [3.05, 3.63) is 0 Å². The van der Waals surface area contributed by atoms with Crippen LogP contribution in [0.15, 0.2) is 0 Å². The summed E-state index contributed by atoms with van der Waals surface area (Å²) in [6.07, 6.45) is 3.53. The van der Waals surface area contributed by atoms with Crippen molar-refractivity contribution in [1.82, 2.24) is 4.90 Å². The average Bonchev–Trinajstić information content (AvgIpc) is 2.25. The Balaban J connectivity index is 2.64. The molecule has 1 saturated heterocycles. The zero-order valence-corrected chi connectivity index (χ0v) is 11.8. The van der Waals surface area contributed by atoms with Crippen molar-refractivity contribution in [2.45, 2.75) is 65.5 Å². The van der Waals surface area contributed by atoms with Crippen LogP contribution in [0.5, 0.6) is 0 Å². The van der Waals surface area contributed by atoms with E-state index in [4.69, 9.17) is 5.73 Å². The van der Waals surface area contributed by atoms with Gasteiger partial charge in [0.05, 0.1) is 0 Å². The van der Waals surface area contributed by atoms with Crippen molar-refractivity contribution in [2.24, 2.45) is 17.6 Å². The fourth-order valence-corrected chi connectivity index (χ4v) is 2.92. The molecule has 0 saturated carbocycles. The van der Waals surface area contributed by atoms with Gasteiger partial charge in [0, 0.05) is 24.7 Å². The number of rotatable bonds is 4. The summed E-state index contributed by atoms with van der Waals surface area (Å²) < 4.78 is 0. The Labute approximate surface area is 102 Å². The molecule has 0 bridgehead atoms. The van der Waals surface area contributed by atoms with Crippen molar-refractivity contribution in [2.75, 3.05) is 13.1 Å². The van der Waals surface area contributed by atoms with E-state index in [1.165, 1.54) is 13.0 Å². The molecule has 3 unspecified atom stereocenters. The third-order valence-corrected chi connectivity index (χ3v) is 4.65. The molecule has 2 nitrogen and oxygen atoms in total. The van der Waals surface area contributed by atoms with E-state index >= 15 is 0 Å². The standard InChI is InChI=1S/C14H30N2/c1-6-14(15,7-2)10-16-9-11(3)8-12(4)13(16)5/h11-13H,6-10,15H2,1-5H3. The molecule has 1 aliphatic heterocycles. The van der Waals surface area contributed by atoms with Crippen LogP contribution in [-0.4, -0.2) is 29.6 Å². The van der Waals surface area contributed by atoms with Crippen molar-refractivity contribution in [3.8, 4) is 0 Å². The van der Waals surface area contributed by atoms with Gasteiger partial charge in [0.2, 0.25) is 0 Å². The highest BCUT2D eigenvalue weighted by Crippen LogP contribution is 2.28. The number of nitrogens with zero attached hydrogens (tertiary/aromatic N) is 1. The van der Waals surface area contributed by atoms with Gasteiger partial charge in [-0.15, -0.1) is 0 Å². The van der Waals surface area contributed by atoms with E-state index in [2.05, 4.69) is 39.5 Å². The number of hydrogen-bond acceptors (Lipinski definition) is 2. The smallest absolute Gasteiger partial charge is 0.0278 e. The highest BCUT2D eigenvalue weighted by molar-refractivity contribution is 4.90. The molecule has 3 atom stereocenters. The van der Waals surface area contributed by atoms with Gasteiger partial charge >= 0.3 is 0 Å². The molecule has 0 aromatic heterocycles. The molecule has 1 rings (SSSR count). The predicted molar refractivity (Wildman–Crippen MR) is 71.5 cm³/mol. The highest BCUT2D eigenvalue weighted by Gasteiger charge is 2.33. The van der Waals surface area contributed by atoms with Crippen LogP contribution in [0.4, 0.5) is 0 Å². The third-order valence-electron chi connectivity index (χ3n) is 4.65.